The maximum absolute atomic E-state index is 10.1. The molecule has 1 aromatic heterocycles. The van der Waals surface area contributed by atoms with Crippen LogP contribution < -0.4 is 5.10 Å². The Bertz CT molecular complexity index is 315. The number of rotatable bonds is 2. The Hall–Kier alpha value is -1.70. The molecule has 0 spiro atoms. The first-order valence-electron chi connectivity index (χ1n) is 2.51. The van der Waals surface area contributed by atoms with Crippen molar-refractivity contribution in [3.8, 4) is 0 Å². The molecule has 0 aliphatic heterocycles. The van der Waals surface area contributed by atoms with Crippen molar-refractivity contribution >= 4 is 23.2 Å². The summed E-state index contributed by atoms with van der Waals surface area (Å²) in [6, 6.07) is 0. The fraction of sp³-hybridized carbons (Fsp3) is 0. The lowest BCUT2D eigenvalue weighted by Crippen LogP contribution is -1.89. The molecule has 0 radical (unpaired) electrons. The standard InChI is InChI=1S/C3ClN4O4/c4-1-2(7(9)10)5-6-3(1)8(11)12/q-1. The van der Waals surface area contributed by atoms with Crippen molar-refractivity contribution in [2.24, 2.45) is 0 Å². The van der Waals surface area contributed by atoms with E-state index in [2.05, 4.69) is 10.2 Å². The van der Waals surface area contributed by atoms with Gasteiger partial charge >= 0.3 is 5.82 Å². The molecule has 9 heteroatoms. The van der Waals surface area contributed by atoms with E-state index in [-0.39, 0.29) is 0 Å². The monoisotopic (exact) mass is 191 g/mol. The summed E-state index contributed by atoms with van der Waals surface area (Å²) >= 11 is 5.21. The van der Waals surface area contributed by atoms with Crippen molar-refractivity contribution in [1.29, 1.82) is 0 Å². The molecule has 0 saturated heterocycles. The highest BCUT2D eigenvalue weighted by atomic mass is 35.5. The second kappa shape index (κ2) is 2.74. The van der Waals surface area contributed by atoms with Gasteiger partial charge in [-0.1, -0.05) is 11.6 Å². The van der Waals surface area contributed by atoms with E-state index < -0.39 is 26.5 Å². The van der Waals surface area contributed by atoms with Gasteiger partial charge < -0.3 is 20.2 Å². The van der Waals surface area contributed by atoms with Crippen LogP contribution in [0.2, 0.25) is 5.02 Å². The van der Waals surface area contributed by atoms with Gasteiger partial charge in [-0.05, 0) is 10.0 Å². The molecule has 0 amide bonds. The quantitative estimate of drug-likeness (QED) is 0.497. The molecule has 0 N–H and O–H groups in total. The Kier molecular flexibility index (Phi) is 1.92. The minimum absolute atomic E-state index is 0.648. The zero-order chi connectivity index (χ0) is 9.30. The molecule has 0 fully saturated rings. The molecule has 0 aliphatic rings. The second-order valence-electron chi connectivity index (χ2n) is 1.68. The van der Waals surface area contributed by atoms with Crippen LogP contribution in [0.4, 0.5) is 11.6 Å². The van der Waals surface area contributed by atoms with Gasteiger partial charge in [0, 0.05) is 0 Å². The van der Waals surface area contributed by atoms with Crippen LogP contribution in [-0.4, -0.2) is 14.9 Å². The second-order valence-corrected chi connectivity index (χ2v) is 2.05. The fourth-order valence-electron chi connectivity index (χ4n) is 0.516. The first-order valence-corrected chi connectivity index (χ1v) is 2.89. The Morgan fingerprint density at radius 1 is 1.33 bits per heavy atom. The summed E-state index contributed by atoms with van der Waals surface area (Å²) in [6.45, 7) is 0. The third-order valence-corrected chi connectivity index (χ3v) is 1.32. The van der Waals surface area contributed by atoms with E-state index in [0.717, 1.165) is 0 Å². The molecule has 1 heterocycles. The molecule has 1 aromatic rings. The summed E-state index contributed by atoms with van der Waals surface area (Å²) in [5, 5.41) is 25.3. The van der Waals surface area contributed by atoms with E-state index in [9.17, 15) is 20.2 Å². The first kappa shape index (κ1) is 8.40. The summed E-state index contributed by atoms with van der Waals surface area (Å²) < 4.78 is 0. The van der Waals surface area contributed by atoms with Gasteiger partial charge in [0.05, 0.1) is 5.10 Å². The lowest BCUT2D eigenvalue weighted by atomic mass is 10.6. The van der Waals surface area contributed by atoms with Crippen LogP contribution in [0.5, 0.6) is 0 Å². The number of hydrogen-bond donors (Lipinski definition) is 0. The van der Waals surface area contributed by atoms with Crippen LogP contribution in [-0.2, 0) is 0 Å². The number of aromatic nitrogens is 2. The van der Waals surface area contributed by atoms with E-state index >= 15 is 0 Å². The van der Waals surface area contributed by atoms with Crippen LogP contribution in [0.3, 0.4) is 0 Å². The van der Waals surface area contributed by atoms with Gasteiger partial charge in [0.1, 0.15) is 0 Å². The molecule has 0 saturated carbocycles. The molecule has 0 aromatic carbocycles. The third kappa shape index (κ3) is 1.19. The van der Waals surface area contributed by atoms with E-state index in [1.54, 1.807) is 0 Å². The van der Waals surface area contributed by atoms with Gasteiger partial charge in [0.15, 0.2) is 5.02 Å². The number of hydrogen-bond acceptors (Lipinski definition) is 5. The van der Waals surface area contributed by atoms with Crippen LogP contribution in [0.1, 0.15) is 0 Å². The predicted octanol–water partition coefficient (Wildman–Crippen LogP) is 0.509. The zero-order valence-electron chi connectivity index (χ0n) is 5.30. The number of nitrogens with zero attached hydrogens (tertiary/aromatic N) is 4. The fourth-order valence-corrected chi connectivity index (χ4v) is 0.729. The van der Waals surface area contributed by atoms with Crippen LogP contribution in [0.15, 0.2) is 0 Å². The zero-order valence-corrected chi connectivity index (χ0v) is 6.06. The molecule has 12 heavy (non-hydrogen) atoms. The Morgan fingerprint density at radius 3 is 2.17 bits per heavy atom. The van der Waals surface area contributed by atoms with Gasteiger partial charge in [-0.2, -0.15) is 4.92 Å². The van der Waals surface area contributed by atoms with Crippen molar-refractivity contribution in [3.05, 3.63) is 25.3 Å². The highest BCUT2D eigenvalue weighted by Crippen LogP contribution is 2.29. The average Bonchev–Trinajstić information content (AvgIpc) is 2.30. The predicted molar refractivity (Wildman–Crippen MR) is 35.9 cm³/mol. The largest absolute Gasteiger partial charge is 0.459 e. The summed E-state index contributed by atoms with van der Waals surface area (Å²) in [5.74, 6) is -1.60. The van der Waals surface area contributed by atoms with Gasteiger partial charge in [-0.25, -0.2) is 0 Å². The molecular weight excluding hydrogens is 192 g/mol. The van der Waals surface area contributed by atoms with Gasteiger partial charge in [0.2, 0.25) is 5.82 Å². The normalized spacial score (nSPS) is 9.75. The minimum Gasteiger partial charge on any atom is -0.459 e. The maximum atomic E-state index is 10.1. The molecule has 0 aliphatic carbocycles. The molecule has 0 atom stereocenters. The molecule has 1 rings (SSSR count). The molecule has 64 valence electrons. The Balaban J connectivity index is 3.22. The lowest BCUT2D eigenvalue weighted by Gasteiger charge is -1.96. The summed E-state index contributed by atoms with van der Waals surface area (Å²) in [5.41, 5.74) is 0. The molecule has 0 bridgehead atoms. The first-order chi connectivity index (χ1) is 5.54. The van der Waals surface area contributed by atoms with E-state index in [1.807, 2.05) is 0 Å². The summed E-state index contributed by atoms with van der Waals surface area (Å²) in [4.78, 5) is 18.2. The van der Waals surface area contributed by atoms with Crippen molar-refractivity contribution < 1.29 is 9.85 Å². The van der Waals surface area contributed by atoms with E-state index in [4.69, 9.17) is 11.6 Å². The van der Waals surface area contributed by atoms with Crippen molar-refractivity contribution in [1.82, 2.24) is 10.2 Å². The summed E-state index contributed by atoms with van der Waals surface area (Å²) in [7, 11) is 0. The lowest BCUT2D eigenvalue weighted by molar-refractivity contribution is -0.393. The smallest absolute Gasteiger partial charge is 0.413 e. The summed E-state index contributed by atoms with van der Waals surface area (Å²) in [6.07, 6.45) is 0. The van der Waals surface area contributed by atoms with Crippen LogP contribution >= 0.6 is 11.6 Å². The highest BCUT2D eigenvalue weighted by Gasteiger charge is 2.23. The van der Waals surface area contributed by atoms with Crippen LogP contribution in [0.25, 0.3) is 0 Å². The van der Waals surface area contributed by atoms with Gasteiger partial charge in [-0.15, -0.1) is 0 Å². The van der Waals surface area contributed by atoms with Gasteiger partial charge in [0.25, 0.3) is 0 Å². The van der Waals surface area contributed by atoms with E-state index in [1.165, 1.54) is 0 Å². The topological polar surface area (TPSA) is 113 Å². The van der Waals surface area contributed by atoms with Crippen molar-refractivity contribution in [2.75, 3.05) is 0 Å². The van der Waals surface area contributed by atoms with Crippen LogP contribution in [0, 0.1) is 20.2 Å². The maximum Gasteiger partial charge on any atom is 0.413 e. The SMILES string of the molecule is O=[N+]([O-])c1n[n-]c([N+](=O)[O-])c1Cl. The minimum atomic E-state index is -0.942. The van der Waals surface area contributed by atoms with Gasteiger partial charge in [-0.3, -0.25) is 0 Å². The Morgan fingerprint density at radius 2 is 1.92 bits per heavy atom. The van der Waals surface area contributed by atoms with Crippen molar-refractivity contribution in [2.45, 2.75) is 0 Å². The molecular formula is C3ClN4O4-. The number of nitro groups is 2. The average molecular weight is 192 g/mol. The highest BCUT2D eigenvalue weighted by molar-refractivity contribution is 6.34. The Labute approximate surface area is 69.4 Å². The third-order valence-electron chi connectivity index (χ3n) is 0.978. The van der Waals surface area contributed by atoms with E-state index in [0.29, 0.717) is 0 Å². The molecule has 8 nitrogen and oxygen atoms in total. The molecule has 0 unspecified atom stereocenters. The number of halogens is 1. The van der Waals surface area contributed by atoms with Crippen molar-refractivity contribution in [3.63, 3.8) is 0 Å².